The van der Waals surface area contributed by atoms with Gasteiger partial charge in [-0.2, -0.15) is 0 Å². The molecule has 0 atom stereocenters. The van der Waals surface area contributed by atoms with E-state index in [4.69, 9.17) is 5.11 Å². The largest absolute Gasteiger partial charge is 0.400 e. The van der Waals surface area contributed by atoms with Crippen LogP contribution in [0.3, 0.4) is 0 Å². The van der Waals surface area contributed by atoms with Crippen LogP contribution in [0.2, 0.25) is 0 Å². The van der Waals surface area contributed by atoms with Gasteiger partial charge in [0.2, 0.25) is 0 Å². The van der Waals surface area contributed by atoms with E-state index in [2.05, 4.69) is 60.4 Å². The zero-order valence-electron chi connectivity index (χ0n) is 10.7. The molecule has 0 amide bonds. The van der Waals surface area contributed by atoms with Gasteiger partial charge in [-0.25, -0.2) is 0 Å². The Morgan fingerprint density at radius 3 is 1.56 bits per heavy atom. The summed E-state index contributed by atoms with van der Waals surface area (Å²) in [6.07, 6.45) is 0. The normalized spacial score (nSPS) is 11.2. The highest BCUT2D eigenvalue weighted by molar-refractivity contribution is 6.24. The average molecular weight is 239 g/mol. The molecule has 0 radical (unpaired) electrons. The molecule has 92 valence electrons. The highest BCUT2D eigenvalue weighted by Gasteiger charge is 2.22. The Balaban J connectivity index is 0.000000574. The van der Waals surface area contributed by atoms with E-state index in [0.29, 0.717) is 0 Å². The Morgan fingerprint density at radius 2 is 1.17 bits per heavy atom. The summed E-state index contributed by atoms with van der Waals surface area (Å²) in [4.78, 5) is 4.62. The lowest BCUT2D eigenvalue weighted by Gasteiger charge is -1.99. The molecule has 3 rings (SSSR count). The van der Waals surface area contributed by atoms with Crippen molar-refractivity contribution < 1.29 is 5.11 Å². The Bertz CT molecular complexity index is 525. The van der Waals surface area contributed by atoms with E-state index in [1.54, 1.807) is 0 Å². The summed E-state index contributed by atoms with van der Waals surface area (Å²) in [6.45, 7) is 2.91. The van der Waals surface area contributed by atoms with Crippen molar-refractivity contribution in [1.82, 2.24) is 0 Å². The van der Waals surface area contributed by atoms with Gasteiger partial charge in [0, 0.05) is 24.8 Å². The van der Waals surface area contributed by atoms with E-state index in [0.717, 1.165) is 19.4 Å². The zero-order chi connectivity index (χ0) is 13.0. The minimum atomic E-state index is 0.831. The van der Waals surface area contributed by atoms with Crippen LogP contribution >= 0.6 is 0 Å². The summed E-state index contributed by atoms with van der Waals surface area (Å²) in [6, 6.07) is 17.0. The van der Waals surface area contributed by atoms with Crippen molar-refractivity contribution in [2.45, 2.75) is 6.92 Å². The van der Waals surface area contributed by atoms with Gasteiger partial charge in [0.15, 0.2) is 0 Å². The molecule has 1 N–H and O–H groups in total. The fourth-order valence-electron chi connectivity index (χ4n) is 2.32. The Kier molecular flexibility index (Phi) is 3.90. The topological polar surface area (TPSA) is 32.6 Å². The highest BCUT2D eigenvalue weighted by atomic mass is 16.2. The molecule has 2 nitrogen and oxygen atoms in total. The second kappa shape index (κ2) is 5.61. The zero-order valence-corrected chi connectivity index (χ0v) is 10.7. The molecule has 0 fully saturated rings. The van der Waals surface area contributed by atoms with Crippen molar-refractivity contribution in [1.29, 1.82) is 0 Å². The number of nitrogens with zero attached hydrogens (tertiary/aromatic N) is 1. The van der Waals surface area contributed by atoms with Gasteiger partial charge in [-0.05, 0) is 18.1 Å². The van der Waals surface area contributed by atoms with E-state index >= 15 is 0 Å². The Morgan fingerprint density at radius 1 is 0.778 bits per heavy atom. The Hall–Kier alpha value is -1.93. The number of hydrogen-bond acceptors (Lipinski definition) is 2. The molecule has 0 bridgehead atoms. The van der Waals surface area contributed by atoms with Crippen molar-refractivity contribution in [2.24, 2.45) is 4.99 Å². The minimum absolute atomic E-state index is 0.831. The molecule has 2 aromatic rings. The molecule has 0 spiro atoms. The number of fused-ring (bicyclic) bond motifs is 3. The highest BCUT2D eigenvalue weighted by Crippen LogP contribution is 2.36. The van der Waals surface area contributed by atoms with E-state index in [1.165, 1.54) is 22.3 Å². The van der Waals surface area contributed by atoms with Crippen LogP contribution in [0.5, 0.6) is 0 Å². The second-order valence-electron chi connectivity index (χ2n) is 3.91. The number of benzene rings is 2. The van der Waals surface area contributed by atoms with Crippen LogP contribution in [0.1, 0.15) is 18.1 Å². The number of rotatable bonds is 1. The van der Waals surface area contributed by atoms with Crippen molar-refractivity contribution in [2.75, 3.05) is 13.7 Å². The smallest absolute Gasteiger partial charge is 0.0731 e. The molecule has 2 aromatic carbocycles. The molecule has 0 saturated carbocycles. The standard InChI is InChI=1S/C15H13N.CH4O/c1-2-16-15-13-9-5-3-7-11(13)12-8-4-6-10-14(12)15;1-2/h3-10H,2H2,1H3;2H,1H3. The van der Waals surface area contributed by atoms with Crippen molar-refractivity contribution in [3.05, 3.63) is 59.7 Å². The fourth-order valence-corrected chi connectivity index (χ4v) is 2.32. The van der Waals surface area contributed by atoms with Gasteiger partial charge >= 0.3 is 0 Å². The fraction of sp³-hybridized carbons (Fsp3) is 0.188. The maximum absolute atomic E-state index is 7.00. The SMILES string of the molecule is CCN=C1c2ccccc2-c2ccccc21.CO. The van der Waals surface area contributed by atoms with Gasteiger partial charge in [-0.15, -0.1) is 0 Å². The molecule has 0 heterocycles. The maximum Gasteiger partial charge on any atom is 0.0731 e. The van der Waals surface area contributed by atoms with E-state index in [1.807, 2.05) is 0 Å². The summed E-state index contributed by atoms with van der Waals surface area (Å²) in [7, 11) is 1.00. The molecule has 1 aliphatic rings. The summed E-state index contributed by atoms with van der Waals surface area (Å²) in [5.74, 6) is 0. The summed E-state index contributed by atoms with van der Waals surface area (Å²) < 4.78 is 0. The molecule has 0 unspecified atom stereocenters. The van der Waals surface area contributed by atoms with Crippen molar-refractivity contribution in [3.8, 4) is 11.1 Å². The lowest BCUT2D eigenvalue weighted by Crippen LogP contribution is -1.98. The third kappa shape index (κ3) is 1.95. The molecular formula is C16H17NO. The maximum atomic E-state index is 7.00. The predicted molar refractivity (Wildman–Crippen MR) is 76.2 cm³/mol. The van der Waals surface area contributed by atoms with E-state index in [-0.39, 0.29) is 0 Å². The first-order valence-electron chi connectivity index (χ1n) is 6.10. The lowest BCUT2D eigenvalue weighted by molar-refractivity contribution is 0.399. The first kappa shape index (κ1) is 12.5. The third-order valence-electron chi connectivity index (χ3n) is 2.97. The number of hydrogen-bond donors (Lipinski definition) is 1. The van der Waals surface area contributed by atoms with Gasteiger partial charge in [-0.1, -0.05) is 48.5 Å². The predicted octanol–water partition coefficient (Wildman–Crippen LogP) is 3.13. The Labute approximate surface area is 108 Å². The van der Waals surface area contributed by atoms with Gasteiger partial charge in [0.25, 0.3) is 0 Å². The first-order chi connectivity index (χ1) is 8.92. The average Bonchev–Trinajstić information content (AvgIpc) is 2.77. The van der Waals surface area contributed by atoms with Crippen LogP contribution in [0, 0.1) is 0 Å². The van der Waals surface area contributed by atoms with Gasteiger partial charge in [-0.3, -0.25) is 4.99 Å². The minimum Gasteiger partial charge on any atom is -0.400 e. The molecule has 1 aliphatic carbocycles. The summed E-state index contributed by atoms with van der Waals surface area (Å²) in [5, 5.41) is 7.00. The van der Waals surface area contributed by atoms with Crippen LogP contribution in [0.4, 0.5) is 0 Å². The molecule has 18 heavy (non-hydrogen) atoms. The van der Waals surface area contributed by atoms with Crippen LogP contribution < -0.4 is 0 Å². The molecule has 0 aliphatic heterocycles. The van der Waals surface area contributed by atoms with Gasteiger partial charge < -0.3 is 5.11 Å². The van der Waals surface area contributed by atoms with Crippen molar-refractivity contribution in [3.63, 3.8) is 0 Å². The number of aliphatic imine (C=N–C) groups is 1. The molecular weight excluding hydrogens is 222 g/mol. The second-order valence-corrected chi connectivity index (χ2v) is 3.91. The quantitative estimate of drug-likeness (QED) is 0.695. The number of aliphatic hydroxyl groups is 1. The molecule has 0 aromatic heterocycles. The van der Waals surface area contributed by atoms with Crippen molar-refractivity contribution >= 4 is 5.71 Å². The summed E-state index contributed by atoms with van der Waals surface area (Å²) >= 11 is 0. The van der Waals surface area contributed by atoms with Crippen LogP contribution in [0.25, 0.3) is 11.1 Å². The number of aliphatic hydroxyl groups excluding tert-OH is 1. The van der Waals surface area contributed by atoms with Crippen LogP contribution in [-0.4, -0.2) is 24.5 Å². The monoisotopic (exact) mass is 239 g/mol. The van der Waals surface area contributed by atoms with Gasteiger partial charge in [0.1, 0.15) is 0 Å². The van der Waals surface area contributed by atoms with Crippen LogP contribution in [0.15, 0.2) is 53.5 Å². The van der Waals surface area contributed by atoms with Gasteiger partial charge in [0.05, 0.1) is 5.71 Å². The first-order valence-corrected chi connectivity index (χ1v) is 6.10. The van der Waals surface area contributed by atoms with E-state index < -0.39 is 0 Å². The molecule has 2 heteroatoms. The molecule has 0 saturated heterocycles. The summed E-state index contributed by atoms with van der Waals surface area (Å²) in [5.41, 5.74) is 6.31. The third-order valence-corrected chi connectivity index (χ3v) is 2.97. The van der Waals surface area contributed by atoms with Crippen LogP contribution in [-0.2, 0) is 0 Å². The van der Waals surface area contributed by atoms with E-state index in [9.17, 15) is 0 Å². The lowest BCUT2D eigenvalue weighted by atomic mass is 10.1.